The molecule has 0 saturated carbocycles. The van der Waals surface area contributed by atoms with E-state index in [0.717, 1.165) is 0 Å². The quantitative estimate of drug-likeness (QED) is 0.259. The van der Waals surface area contributed by atoms with Gasteiger partial charge in [-0.2, -0.15) is 0 Å². The van der Waals surface area contributed by atoms with Gasteiger partial charge in [-0.25, -0.2) is 4.79 Å². The number of ketones is 2. The first kappa shape index (κ1) is 24.3. The van der Waals surface area contributed by atoms with Crippen LogP contribution in [0.1, 0.15) is 56.0 Å². The Hall–Kier alpha value is -3.43. The molecule has 0 fully saturated rings. The van der Waals surface area contributed by atoms with Crippen molar-refractivity contribution < 1.29 is 38.0 Å². The predicted octanol–water partition coefficient (Wildman–Crippen LogP) is 2.68. The lowest BCUT2D eigenvalue weighted by molar-refractivity contribution is 0.0374. The highest BCUT2D eigenvalue weighted by Crippen LogP contribution is 2.63. The lowest BCUT2D eigenvalue weighted by atomic mass is 9.94. The molecule has 2 aliphatic rings. The highest BCUT2D eigenvalue weighted by molar-refractivity contribution is 8.37. The van der Waals surface area contributed by atoms with Crippen molar-refractivity contribution in [1.29, 1.82) is 0 Å². The van der Waals surface area contributed by atoms with Crippen LogP contribution in [0, 0.1) is 0 Å². The number of phenolic OH excluding ortho intramolecular Hbond substituents is 2. The molecule has 0 bridgehead atoms. The number of aromatic hydroxyl groups is 2. The Balaban J connectivity index is 1.70. The molecule has 0 spiro atoms. The number of esters is 1. The summed E-state index contributed by atoms with van der Waals surface area (Å²) in [5.41, 5.74) is -0.493. The third kappa shape index (κ3) is 3.41. The number of rotatable bonds is 5. The largest absolute Gasteiger partial charge is 0.506 e. The summed E-state index contributed by atoms with van der Waals surface area (Å²) >= 11 is 0. The van der Waals surface area contributed by atoms with E-state index in [9.17, 15) is 24.6 Å². The van der Waals surface area contributed by atoms with Crippen LogP contribution in [0.15, 0.2) is 48.5 Å². The van der Waals surface area contributed by atoms with Crippen LogP contribution in [0.2, 0.25) is 0 Å². The monoisotopic (exact) mass is 527 g/mol. The van der Waals surface area contributed by atoms with E-state index in [0.29, 0.717) is 16.4 Å². The third-order valence-electron chi connectivity index (χ3n) is 5.91. The highest BCUT2D eigenvalue weighted by Gasteiger charge is 2.55. The van der Waals surface area contributed by atoms with Crippen molar-refractivity contribution >= 4 is 44.9 Å². The number of hydrogen-bond donors (Lipinski definition) is 3. The minimum atomic E-state index is -2.85. The van der Waals surface area contributed by atoms with Crippen LogP contribution in [-0.2, 0) is 19.5 Å². The maximum Gasteiger partial charge on any atom is 0.342 e. The Kier molecular flexibility index (Phi) is 5.80. The summed E-state index contributed by atoms with van der Waals surface area (Å²) in [7, 11) is 0.165. The second kappa shape index (κ2) is 8.60. The molecule has 0 saturated heterocycles. The molecule has 2 unspecified atom stereocenters. The fourth-order valence-corrected chi connectivity index (χ4v) is 10.5. The molecular formula is C25H22NO8PS. The zero-order chi connectivity index (χ0) is 25.9. The molecule has 5 rings (SSSR count). The molecule has 3 aromatic carbocycles. The molecule has 2 heterocycles. The van der Waals surface area contributed by atoms with Crippen molar-refractivity contribution in [2.45, 2.75) is 20.0 Å². The van der Waals surface area contributed by atoms with Gasteiger partial charge in [0.15, 0.2) is 6.26 Å². The maximum absolute atomic E-state index is 13.6. The summed E-state index contributed by atoms with van der Waals surface area (Å²) in [4.78, 5) is 39.5. The average Bonchev–Trinajstić information content (AvgIpc) is 3.51. The summed E-state index contributed by atoms with van der Waals surface area (Å²) < 4.78 is 16.9. The van der Waals surface area contributed by atoms with E-state index < -0.39 is 51.9 Å². The zero-order valence-electron chi connectivity index (χ0n) is 19.5. The van der Waals surface area contributed by atoms with E-state index >= 15 is 0 Å². The molecule has 2 aliphatic heterocycles. The molecule has 2 atom stereocenters. The van der Waals surface area contributed by atoms with E-state index in [1.54, 1.807) is 38.1 Å². The van der Waals surface area contributed by atoms with E-state index in [4.69, 9.17) is 18.6 Å². The van der Waals surface area contributed by atoms with Gasteiger partial charge in [0, 0.05) is 15.8 Å². The van der Waals surface area contributed by atoms with Crippen LogP contribution in [-0.4, -0.2) is 41.0 Å². The number of carbonyl (C=O) groups is 3. The van der Waals surface area contributed by atoms with Crippen molar-refractivity contribution in [3.8, 4) is 17.2 Å². The predicted molar refractivity (Wildman–Crippen MR) is 135 cm³/mol. The van der Waals surface area contributed by atoms with Crippen LogP contribution in [0.4, 0.5) is 0 Å². The zero-order valence-corrected chi connectivity index (χ0v) is 21.2. The standard InChI is InChI=1S/C25H22NO8PS/c1-12(2)33-25(31)15-9-6-8-14(20(15)27)21(28)16-11-18-24-19(23(16)30)22(29)13-7-4-5-10-17(13)34-35(18,24)36(26)32-3/h4-12,27,30H,26H2,1-3H3. The fraction of sp³-hybridized carbons (Fsp3) is 0.160. The summed E-state index contributed by atoms with van der Waals surface area (Å²) in [5.74, 6) is -2.91. The lowest BCUT2D eigenvalue weighted by Gasteiger charge is -2.15. The topological polar surface area (TPSA) is 145 Å². The van der Waals surface area contributed by atoms with E-state index in [1.165, 1.54) is 31.4 Å². The normalized spacial score (nSPS) is 18.0. The first-order valence-electron chi connectivity index (χ1n) is 10.9. The van der Waals surface area contributed by atoms with Gasteiger partial charge in [0.05, 0.1) is 40.8 Å². The Morgan fingerprint density at radius 3 is 2.42 bits per heavy atom. The summed E-state index contributed by atoms with van der Waals surface area (Å²) in [6, 6.07) is 12.1. The maximum atomic E-state index is 13.6. The number of fused-ring (bicyclic) bond motifs is 2. The van der Waals surface area contributed by atoms with Gasteiger partial charge in [-0.1, -0.05) is 18.2 Å². The molecule has 4 N–H and O–H groups in total. The van der Waals surface area contributed by atoms with Crippen LogP contribution in [0.5, 0.6) is 17.2 Å². The van der Waals surface area contributed by atoms with Gasteiger partial charge >= 0.3 is 5.97 Å². The van der Waals surface area contributed by atoms with Crippen molar-refractivity contribution in [3.63, 3.8) is 0 Å². The molecule has 0 aliphatic carbocycles. The second-order valence-electron chi connectivity index (χ2n) is 8.41. The Morgan fingerprint density at radius 1 is 1.03 bits per heavy atom. The van der Waals surface area contributed by atoms with Crippen molar-refractivity contribution in [1.82, 2.24) is 0 Å². The summed E-state index contributed by atoms with van der Waals surface area (Å²) in [5, 5.41) is 29.3. The van der Waals surface area contributed by atoms with E-state index in [1.807, 2.05) is 0 Å². The summed E-state index contributed by atoms with van der Waals surface area (Å²) in [6.07, 6.45) is -3.29. The molecule has 186 valence electrons. The van der Waals surface area contributed by atoms with Gasteiger partial charge in [-0.05, 0) is 44.2 Å². The molecule has 0 amide bonds. The number of carbonyl (C=O) groups excluding carboxylic acids is 3. The minimum Gasteiger partial charge on any atom is -0.506 e. The van der Waals surface area contributed by atoms with Crippen molar-refractivity contribution in [2.75, 3.05) is 7.11 Å². The van der Waals surface area contributed by atoms with Crippen LogP contribution in [0.3, 0.4) is 0 Å². The average molecular weight is 527 g/mol. The number of nitrogens with two attached hydrogens (primary N) is 1. The van der Waals surface area contributed by atoms with E-state index in [2.05, 4.69) is 0 Å². The van der Waals surface area contributed by atoms with Crippen LogP contribution in [0.25, 0.3) is 0 Å². The lowest BCUT2D eigenvalue weighted by Crippen LogP contribution is -2.15. The second-order valence-corrected chi connectivity index (χ2v) is 14.1. The van der Waals surface area contributed by atoms with Gasteiger partial charge in [-0.3, -0.25) is 14.7 Å². The summed E-state index contributed by atoms with van der Waals surface area (Å²) in [6.45, 7) is 3.31. The van der Waals surface area contributed by atoms with E-state index in [-0.39, 0.29) is 27.8 Å². The molecule has 9 nitrogen and oxygen atoms in total. The van der Waals surface area contributed by atoms with Gasteiger partial charge in [0.2, 0.25) is 11.6 Å². The van der Waals surface area contributed by atoms with Gasteiger partial charge in [0.25, 0.3) is 0 Å². The Morgan fingerprint density at radius 2 is 1.72 bits per heavy atom. The number of phenols is 2. The molecule has 3 aromatic rings. The Bertz CT molecular complexity index is 1560. The fourth-order valence-electron chi connectivity index (χ4n) is 4.24. The van der Waals surface area contributed by atoms with Crippen molar-refractivity contribution in [2.24, 2.45) is 5.14 Å². The van der Waals surface area contributed by atoms with Gasteiger partial charge in [-0.15, -0.1) is 0 Å². The first-order valence-corrected chi connectivity index (χ1v) is 14.4. The molecule has 36 heavy (non-hydrogen) atoms. The first-order chi connectivity index (χ1) is 17.1. The van der Waals surface area contributed by atoms with Gasteiger partial charge in [0.1, 0.15) is 22.8 Å². The van der Waals surface area contributed by atoms with Crippen LogP contribution < -0.4 is 20.3 Å². The smallest absolute Gasteiger partial charge is 0.342 e. The third-order valence-corrected chi connectivity index (χ3v) is 12.4. The number of hydrogen-bond acceptors (Lipinski definition) is 8. The Labute approximate surface area is 208 Å². The highest BCUT2D eigenvalue weighted by atomic mass is 32.5. The molecule has 0 radical (unpaired) electrons. The number of para-hydroxylation sites is 2. The molecule has 0 aromatic heterocycles. The van der Waals surface area contributed by atoms with Crippen LogP contribution >= 0.6 is 6.26 Å². The number of benzene rings is 3. The SMILES string of the molecule is COS(N)=P12Oc3ccccc3C(=O)c3c(O)c(C(=O)c4cccc(C(=O)OC(C)C)c4O)cc1c32. The number of ether oxygens (including phenoxy) is 1. The van der Waals surface area contributed by atoms with Crippen molar-refractivity contribution in [3.05, 3.63) is 76.3 Å². The van der Waals surface area contributed by atoms with Gasteiger partial charge < -0.3 is 23.7 Å². The minimum absolute atomic E-state index is 0.0657. The molecular weight excluding hydrogens is 505 g/mol. The molecule has 11 heteroatoms.